The van der Waals surface area contributed by atoms with E-state index in [4.69, 9.17) is 5.73 Å². The summed E-state index contributed by atoms with van der Waals surface area (Å²) in [7, 11) is 2.07. The van der Waals surface area contributed by atoms with Gasteiger partial charge in [-0.1, -0.05) is 0 Å². The van der Waals surface area contributed by atoms with E-state index < -0.39 is 12.1 Å². The quantitative estimate of drug-likeness (QED) is 0.332. The lowest BCUT2D eigenvalue weighted by Gasteiger charge is -2.39. The van der Waals surface area contributed by atoms with Gasteiger partial charge in [-0.25, -0.2) is 14.8 Å². The predicted octanol–water partition coefficient (Wildman–Crippen LogP) is -2.25. The Morgan fingerprint density at radius 3 is 3.00 bits per heavy atom. The zero-order valence-corrected chi connectivity index (χ0v) is 15.0. The maximum atomic E-state index is 13.5. The molecule has 4 aliphatic heterocycles. The van der Waals surface area contributed by atoms with Crippen molar-refractivity contribution in [3.05, 3.63) is 12.0 Å². The third kappa shape index (κ3) is 3.32. The number of rotatable bonds is 3. The molecule has 0 aromatic heterocycles. The molecular weight excluding hydrogens is 339 g/mol. The first-order valence-electron chi connectivity index (χ1n) is 9.41. The average Bonchev–Trinajstić information content (AvgIpc) is 3.17. The van der Waals surface area contributed by atoms with Crippen LogP contribution < -0.4 is 32.5 Å². The van der Waals surface area contributed by atoms with Crippen LogP contribution in [0.25, 0.3) is 0 Å². The second-order valence-corrected chi connectivity index (χ2v) is 7.64. The normalized spacial score (nSPS) is 41.0. The molecule has 3 saturated heterocycles. The second-order valence-electron chi connectivity index (χ2n) is 7.64. The molecule has 0 aromatic carbocycles. The molecule has 9 nitrogen and oxygen atoms in total. The van der Waals surface area contributed by atoms with Crippen molar-refractivity contribution < 1.29 is 9.18 Å². The van der Waals surface area contributed by atoms with Gasteiger partial charge >= 0.3 is 0 Å². The predicted molar refractivity (Wildman–Crippen MR) is 94.5 cm³/mol. The highest BCUT2D eigenvalue weighted by Gasteiger charge is 2.46. The number of amides is 1. The van der Waals surface area contributed by atoms with Crippen LogP contribution in [-0.4, -0.2) is 73.6 Å². The molecule has 0 saturated carbocycles. The monoisotopic (exact) mass is 368 g/mol. The molecule has 0 spiro atoms. The maximum Gasteiger partial charge on any atom is 0.229 e. The van der Waals surface area contributed by atoms with Crippen LogP contribution in [-0.2, 0) is 4.79 Å². The molecule has 0 radical (unpaired) electrons. The van der Waals surface area contributed by atoms with Gasteiger partial charge in [-0.2, -0.15) is 0 Å². The Kier molecular flexibility index (Phi) is 5.13. The molecule has 7 N–H and O–H groups in total. The maximum absolute atomic E-state index is 13.5. The second kappa shape index (κ2) is 7.37. The zero-order chi connectivity index (χ0) is 18.3. The number of carbonyl (C=O) groups excluding carboxylic acids is 1. The number of fused-ring (bicyclic) bond motifs is 1. The van der Waals surface area contributed by atoms with E-state index in [1.165, 1.54) is 6.20 Å². The standard InChI is InChI=1S/C16H29FN8O/c1-24-12(3-5-21-24)10-2-4-19-7-11(10)22-16(26)13-14(18)23-25-8-9(17)6-20-15(13)25/h8,10-15,19-21,23H,2-7,18H2,1H3,(H,22,26). The molecule has 4 heterocycles. The summed E-state index contributed by atoms with van der Waals surface area (Å²) in [5.41, 5.74) is 12.5. The number of nitrogens with one attached hydrogen (secondary N) is 5. The molecule has 0 aliphatic carbocycles. The molecule has 0 aromatic rings. The van der Waals surface area contributed by atoms with Crippen LogP contribution in [0.15, 0.2) is 12.0 Å². The van der Waals surface area contributed by atoms with E-state index in [1.807, 2.05) is 0 Å². The summed E-state index contributed by atoms with van der Waals surface area (Å²) in [6.07, 6.45) is 2.59. The third-order valence-corrected chi connectivity index (χ3v) is 6.04. The summed E-state index contributed by atoms with van der Waals surface area (Å²) in [5, 5.41) is 13.4. The highest BCUT2D eigenvalue weighted by atomic mass is 19.1. The summed E-state index contributed by atoms with van der Waals surface area (Å²) in [6.45, 7) is 2.81. The first kappa shape index (κ1) is 18.1. The highest BCUT2D eigenvalue weighted by molar-refractivity contribution is 5.81. The number of hydrazine groups is 2. The van der Waals surface area contributed by atoms with Gasteiger partial charge in [0.15, 0.2) is 0 Å². The minimum atomic E-state index is -0.555. The zero-order valence-electron chi connectivity index (χ0n) is 15.0. The average molecular weight is 368 g/mol. The van der Waals surface area contributed by atoms with Gasteiger partial charge in [-0.3, -0.25) is 20.5 Å². The molecule has 10 heteroatoms. The van der Waals surface area contributed by atoms with Crippen LogP contribution in [0.3, 0.4) is 0 Å². The Balaban J connectivity index is 1.44. The van der Waals surface area contributed by atoms with E-state index in [1.54, 1.807) is 5.01 Å². The van der Waals surface area contributed by atoms with Crippen LogP contribution in [0.5, 0.6) is 0 Å². The number of hydrogen-bond acceptors (Lipinski definition) is 8. The Morgan fingerprint density at radius 2 is 2.23 bits per heavy atom. The molecule has 26 heavy (non-hydrogen) atoms. The van der Waals surface area contributed by atoms with Crippen molar-refractivity contribution in [2.24, 2.45) is 17.6 Å². The molecule has 146 valence electrons. The lowest BCUT2D eigenvalue weighted by molar-refractivity contribution is -0.127. The van der Waals surface area contributed by atoms with Crippen molar-refractivity contribution in [3.63, 3.8) is 0 Å². The van der Waals surface area contributed by atoms with Crippen LogP contribution in [0.4, 0.5) is 4.39 Å². The van der Waals surface area contributed by atoms with E-state index >= 15 is 0 Å². The molecule has 6 unspecified atom stereocenters. The topological polar surface area (TPSA) is 110 Å². The van der Waals surface area contributed by atoms with Gasteiger partial charge < -0.3 is 16.4 Å². The van der Waals surface area contributed by atoms with E-state index in [0.29, 0.717) is 12.0 Å². The van der Waals surface area contributed by atoms with Crippen LogP contribution in [0.2, 0.25) is 0 Å². The summed E-state index contributed by atoms with van der Waals surface area (Å²) in [4.78, 5) is 13.0. The van der Waals surface area contributed by atoms with E-state index in [-0.39, 0.29) is 30.5 Å². The van der Waals surface area contributed by atoms with Gasteiger partial charge in [-0.05, 0) is 25.3 Å². The summed E-state index contributed by atoms with van der Waals surface area (Å²) in [5.74, 6) is -0.469. The van der Waals surface area contributed by atoms with Crippen molar-refractivity contribution in [1.82, 2.24) is 36.8 Å². The number of nitrogens with zero attached hydrogens (tertiary/aromatic N) is 2. The van der Waals surface area contributed by atoms with Crippen molar-refractivity contribution in [2.45, 2.75) is 37.3 Å². The van der Waals surface area contributed by atoms with Gasteiger partial charge in [0.05, 0.1) is 18.9 Å². The minimum Gasteiger partial charge on any atom is -0.351 e. The van der Waals surface area contributed by atoms with E-state index in [0.717, 1.165) is 32.5 Å². The van der Waals surface area contributed by atoms with Gasteiger partial charge in [0.2, 0.25) is 5.91 Å². The molecule has 6 atom stereocenters. The van der Waals surface area contributed by atoms with E-state index in [9.17, 15) is 9.18 Å². The minimum absolute atomic E-state index is 0.0562. The van der Waals surface area contributed by atoms with Gasteiger partial charge in [0, 0.05) is 32.2 Å². The fourth-order valence-corrected chi connectivity index (χ4v) is 4.73. The van der Waals surface area contributed by atoms with E-state index in [2.05, 4.69) is 38.9 Å². The number of nitrogens with two attached hydrogens (primary N) is 1. The Labute approximate surface area is 152 Å². The lowest BCUT2D eigenvalue weighted by atomic mass is 9.84. The number of carbonyl (C=O) groups is 1. The first-order valence-corrected chi connectivity index (χ1v) is 9.41. The van der Waals surface area contributed by atoms with Gasteiger partial charge in [0.25, 0.3) is 0 Å². The molecule has 0 bridgehead atoms. The molecule has 4 aliphatic rings. The Morgan fingerprint density at radius 1 is 1.38 bits per heavy atom. The highest BCUT2D eigenvalue weighted by Crippen LogP contribution is 2.27. The largest absolute Gasteiger partial charge is 0.351 e. The van der Waals surface area contributed by atoms with Gasteiger partial charge in [0.1, 0.15) is 17.9 Å². The van der Waals surface area contributed by atoms with Crippen LogP contribution in [0.1, 0.15) is 12.8 Å². The Bertz CT molecular complexity index is 574. The smallest absolute Gasteiger partial charge is 0.229 e. The Hall–Kier alpha value is -1.30. The van der Waals surface area contributed by atoms with Crippen molar-refractivity contribution in [2.75, 3.05) is 33.2 Å². The fraction of sp³-hybridized carbons (Fsp3) is 0.812. The molecule has 3 fully saturated rings. The molecular formula is C16H29FN8O. The lowest BCUT2D eigenvalue weighted by Crippen LogP contribution is -2.60. The SMILES string of the molecule is CN1NCCC1C1CCNCC1NC(=O)C1C(N)NN2C=C(F)CNC12. The van der Waals surface area contributed by atoms with Crippen molar-refractivity contribution in [1.29, 1.82) is 0 Å². The number of hydrogen-bond donors (Lipinski definition) is 6. The van der Waals surface area contributed by atoms with Crippen LogP contribution in [0, 0.1) is 11.8 Å². The van der Waals surface area contributed by atoms with Crippen molar-refractivity contribution >= 4 is 5.91 Å². The van der Waals surface area contributed by atoms with Gasteiger partial charge in [-0.15, -0.1) is 0 Å². The fourth-order valence-electron chi connectivity index (χ4n) is 4.73. The molecule has 1 amide bonds. The summed E-state index contributed by atoms with van der Waals surface area (Å²) >= 11 is 0. The number of piperidine rings is 1. The van der Waals surface area contributed by atoms with Crippen LogP contribution >= 0.6 is 0 Å². The molecule has 4 rings (SSSR count). The third-order valence-electron chi connectivity index (χ3n) is 6.04. The number of halogens is 1. The van der Waals surface area contributed by atoms with Crippen molar-refractivity contribution in [3.8, 4) is 0 Å². The first-order chi connectivity index (χ1) is 12.5. The summed E-state index contributed by atoms with van der Waals surface area (Å²) in [6, 6.07) is 0.472. The summed E-state index contributed by atoms with van der Waals surface area (Å²) < 4.78 is 13.5.